The fourth-order valence-electron chi connectivity index (χ4n) is 2.52. The maximum absolute atomic E-state index is 12.3. The van der Waals surface area contributed by atoms with E-state index in [1.54, 1.807) is 20.8 Å². The molecule has 0 aliphatic heterocycles. The first kappa shape index (κ1) is 16.7. The summed E-state index contributed by atoms with van der Waals surface area (Å²) in [5, 5.41) is 11.3. The highest BCUT2D eigenvalue weighted by Crippen LogP contribution is 2.45. The molecule has 1 unspecified atom stereocenters. The SMILES string of the molecule is CCOC(=O)C(C)(C)C(O)(CC(C)C)c1ccccc1. The highest BCUT2D eigenvalue weighted by Gasteiger charge is 2.51. The fraction of sp³-hybridized carbons (Fsp3) is 0.588. The topological polar surface area (TPSA) is 46.5 Å². The van der Waals surface area contributed by atoms with Gasteiger partial charge in [-0.2, -0.15) is 0 Å². The molecule has 3 nitrogen and oxygen atoms in total. The molecule has 1 atom stereocenters. The van der Waals surface area contributed by atoms with Crippen molar-refractivity contribution in [1.29, 1.82) is 0 Å². The van der Waals surface area contributed by atoms with Crippen molar-refractivity contribution in [3.63, 3.8) is 0 Å². The first-order valence-electron chi connectivity index (χ1n) is 7.20. The van der Waals surface area contributed by atoms with Crippen LogP contribution in [0.5, 0.6) is 0 Å². The maximum Gasteiger partial charge on any atom is 0.314 e. The number of rotatable bonds is 6. The summed E-state index contributed by atoms with van der Waals surface area (Å²) in [6, 6.07) is 9.38. The van der Waals surface area contributed by atoms with Crippen LogP contribution in [0.1, 0.15) is 46.6 Å². The van der Waals surface area contributed by atoms with Crippen LogP contribution in [0.2, 0.25) is 0 Å². The monoisotopic (exact) mass is 278 g/mol. The minimum absolute atomic E-state index is 0.258. The average molecular weight is 278 g/mol. The third-order valence-electron chi connectivity index (χ3n) is 3.77. The molecule has 0 aromatic heterocycles. The Morgan fingerprint density at radius 2 is 1.80 bits per heavy atom. The Labute approximate surface area is 122 Å². The number of carbonyl (C=O) groups excluding carboxylic acids is 1. The molecule has 0 aliphatic carbocycles. The van der Waals surface area contributed by atoms with Crippen molar-refractivity contribution in [2.24, 2.45) is 11.3 Å². The number of esters is 1. The van der Waals surface area contributed by atoms with Gasteiger partial charge >= 0.3 is 5.97 Å². The van der Waals surface area contributed by atoms with Gasteiger partial charge in [0.2, 0.25) is 0 Å². The van der Waals surface area contributed by atoms with E-state index in [0.29, 0.717) is 13.0 Å². The van der Waals surface area contributed by atoms with Gasteiger partial charge in [0.05, 0.1) is 12.0 Å². The van der Waals surface area contributed by atoms with Crippen LogP contribution in [0, 0.1) is 11.3 Å². The Bertz CT molecular complexity index is 437. The molecular weight excluding hydrogens is 252 g/mol. The van der Waals surface area contributed by atoms with Crippen LogP contribution >= 0.6 is 0 Å². The molecule has 20 heavy (non-hydrogen) atoms. The zero-order valence-electron chi connectivity index (χ0n) is 13.1. The van der Waals surface area contributed by atoms with Crippen LogP contribution in [-0.2, 0) is 15.1 Å². The molecule has 0 fully saturated rings. The van der Waals surface area contributed by atoms with Crippen LogP contribution in [0.4, 0.5) is 0 Å². The summed E-state index contributed by atoms with van der Waals surface area (Å²) in [7, 11) is 0. The Morgan fingerprint density at radius 1 is 1.25 bits per heavy atom. The van der Waals surface area contributed by atoms with Crippen molar-refractivity contribution >= 4 is 5.97 Å². The van der Waals surface area contributed by atoms with Crippen LogP contribution in [0.25, 0.3) is 0 Å². The van der Waals surface area contributed by atoms with Crippen molar-refractivity contribution in [2.45, 2.75) is 46.6 Å². The largest absolute Gasteiger partial charge is 0.465 e. The lowest BCUT2D eigenvalue weighted by molar-refractivity contribution is -0.175. The minimum Gasteiger partial charge on any atom is -0.465 e. The maximum atomic E-state index is 12.3. The molecular formula is C17H26O3. The van der Waals surface area contributed by atoms with Gasteiger partial charge in [-0.05, 0) is 38.7 Å². The van der Waals surface area contributed by atoms with E-state index in [9.17, 15) is 9.90 Å². The van der Waals surface area contributed by atoms with Gasteiger partial charge in [-0.15, -0.1) is 0 Å². The lowest BCUT2D eigenvalue weighted by atomic mass is 9.67. The summed E-state index contributed by atoms with van der Waals surface area (Å²) < 4.78 is 5.16. The van der Waals surface area contributed by atoms with E-state index >= 15 is 0 Å². The molecule has 3 heteroatoms. The van der Waals surface area contributed by atoms with Gasteiger partial charge in [0, 0.05) is 0 Å². The number of ether oxygens (including phenoxy) is 1. The first-order chi connectivity index (χ1) is 9.25. The van der Waals surface area contributed by atoms with Crippen molar-refractivity contribution in [2.75, 3.05) is 6.61 Å². The van der Waals surface area contributed by atoms with Gasteiger partial charge in [-0.1, -0.05) is 44.2 Å². The van der Waals surface area contributed by atoms with Crippen molar-refractivity contribution < 1.29 is 14.6 Å². The predicted octanol–water partition coefficient (Wildman–Crippen LogP) is 3.51. The molecule has 0 heterocycles. The standard InChI is InChI=1S/C17H26O3/c1-6-20-15(18)16(4,5)17(19,12-13(2)3)14-10-8-7-9-11-14/h7-11,13,19H,6,12H2,1-5H3. The van der Waals surface area contributed by atoms with Crippen LogP contribution < -0.4 is 0 Å². The summed E-state index contributed by atoms with van der Waals surface area (Å²) in [6.45, 7) is 9.66. The molecule has 0 aliphatic rings. The second-order valence-corrected chi connectivity index (χ2v) is 6.17. The molecule has 1 aromatic rings. The number of carbonyl (C=O) groups is 1. The van der Waals surface area contributed by atoms with E-state index in [4.69, 9.17) is 4.74 Å². The molecule has 0 saturated heterocycles. The molecule has 0 radical (unpaired) electrons. The second-order valence-electron chi connectivity index (χ2n) is 6.17. The summed E-state index contributed by atoms with van der Waals surface area (Å²) >= 11 is 0. The molecule has 0 amide bonds. The average Bonchev–Trinajstić information content (AvgIpc) is 2.39. The first-order valence-corrected chi connectivity index (χ1v) is 7.20. The number of aliphatic hydroxyl groups is 1. The summed E-state index contributed by atoms with van der Waals surface area (Å²) in [4.78, 5) is 12.3. The van der Waals surface area contributed by atoms with Gasteiger partial charge < -0.3 is 9.84 Å². The minimum atomic E-state index is -1.24. The zero-order valence-corrected chi connectivity index (χ0v) is 13.1. The predicted molar refractivity (Wildman–Crippen MR) is 80.2 cm³/mol. The van der Waals surface area contributed by atoms with Crippen LogP contribution in [0.15, 0.2) is 30.3 Å². The molecule has 0 bridgehead atoms. The van der Waals surface area contributed by atoms with Crippen LogP contribution in [-0.4, -0.2) is 17.7 Å². The molecule has 112 valence electrons. The Morgan fingerprint density at radius 3 is 2.25 bits per heavy atom. The Balaban J connectivity index is 3.27. The summed E-state index contributed by atoms with van der Waals surface area (Å²) in [6.07, 6.45) is 0.503. The van der Waals surface area contributed by atoms with Gasteiger partial charge in [-0.3, -0.25) is 4.79 Å². The van der Waals surface area contributed by atoms with E-state index in [1.807, 2.05) is 44.2 Å². The highest BCUT2D eigenvalue weighted by molar-refractivity contribution is 5.78. The molecule has 0 spiro atoms. The number of benzene rings is 1. The normalized spacial score (nSPS) is 14.9. The lowest BCUT2D eigenvalue weighted by Gasteiger charge is -2.42. The lowest BCUT2D eigenvalue weighted by Crippen LogP contribution is -2.48. The summed E-state index contributed by atoms with van der Waals surface area (Å²) in [5.41, 5.74) is -1.49. The van der Waals surface area contributed by atoms with Crippen molar-refractivity contribution in [1.82, 2.24) is 0 Å². The van der Waals surface area contributed by atoms with Gasteiger partial charge in [0.1, 0.15) is 5.60 Å². The molecule has 1 N–H and O–H groups in total. The van der Waals surface area contributed by atoms with Gasteiger partial charge in [-0.25, -0.2) is 0 Å². The molecule has 0 saturated carbocycles. The Kier molecular flexibility index (Phi) is 5.35. The zero-order chi connectivity index (χ0) is 15.4. The third-order valence-corrected chi connectivity index (χ3v) is 3.77. The highest BCUT2D eigenvalue weighted by atomic mass is 16.5. The van der Waals surface area contributed by atoms with Crippen LogP contribution in [0.3, 0.4) is 0 Å². The number of hydrogen-bond acceptors (Lipinski definition) is 3. The van der Waals surface area contributed by atoms with Gasteiger partial charge in [0.25, 0.3) is 0 Å². The third kappa shape index (κ3) is 3.21. The van der Waals surface area contributed by atoms with E-state index in [1.165, 1.54) is 0 Å². The molecule has 1 aromatic carbocycles. The van der Waals surface area contributed by atoms with Gasteiger partial charge in [0.15, 0.2) is 0 Å². The van der Waals surface area contributed by atoms with E-state index in [-0.39, 0.29) is 11.9 Å². The van der Waals surface area contributed by atoms with Crippen molar-refractivity contribution in [3.8, 4) is 0 Å². The number of hydrogen-bond donors (Lipinski definition) is 1. The smallest absolute Gasteiger partial charge is 0.314 e. The summed E-state index contributed by atoms with van der Waals surface area (Å²) in [5.74, 6) is -0.110. The van der Waals surface area contributed by atoms with Crippen molar-refractivity contribution in [3.05, 3.63) is 35.9 Å². The fourth-order valence-corrected chi connectivity index (χ4v) is 2.52. The van der Waals surface area contributed by atoms with E-state index < -0.39 is 11.0 Å². The quantitative estimate of drug-likeness (QED) is 0.810. The van der Waals surface area contributed by atoms with E-state index in [0.717, 1.165) is 5.56 Å². The second kappa shape index (κ2) is 6.40. The van der Waals surface area contributed by atoms with E-state index in [2.05, 4.69) is 0 Å². The Hall–Kier alpha value is -1.35. The molecule has 1 rings (SSSR count).